The van der Waals surface area contributed by atoms with Gasteiger partial charge in [0.15, 0.2) is 0 Å². The van der Waals surface area contributed by atoms with E-state index >= 15 is 0 Å². The van der Waals surface area contributed by atoms with Crippen molar-refractivity contribution < 1.29 is 9.59 Å². The molecule has 1 N–H and O–H groups in total. The Bertz CT molecular complexity index is 361. The minimum atomic E-state index is -0.0966. The Morgan fingerprint density at radius 1 is 1.18 bits per heavy atom. The number of carbonyl (C=O) groups excluding carboxylic acids is 2. The zero-order chi connectivity index (χ0) is 12.8. The second-order valence-electron chi connectivity index (χ2n) is 7.03. The van der Waals surface area contributed by atoms with Crippen molar-refractivity contribution in [3.05, 3.63) is 0 Å². The minimum Gasteiger partial charge on any atom is -0.296 e. The van der Waals surface area contributed by atoms with E-state index in [9.17, 15) is 9.59 Å². The van der Waals surface area contributed by atoms with Crippen molar-refractivity contribution in [2.45, 2.75) is 53.4 Å². The first-order valence-corrected chi connectivity index (χ1v) is 6.58. The Morgan fingerprint density at radius 2 is 1.82 bits per heavy atom. The third-order valence-corrected chi connectivity index (χ3v) is 4.57. The first-order valence-electron chi connectivity index (χ1n) is 6.58. The smallest absolute Gasteiger partial charge is 0.229 e. The van der Waals surface area contributed by atoms with Gasteiger partial charge in [0.25, 0.3) is 0 Å². The highest BCUT2D eigenvalue weighted by Crippen LogP contribution is 2.55. The second kappa shape index (κ2) is 3.82. The van der Waals surface area contributed by atoms with E-state index in [2.05, 4.69) is 26.1 Å². The maximum atomic E-state index is 11.9. The molecule has 0 aromatic carbocycles. The summed E-state index contributed by atoms with van der Waals surface area (Å²) in [6.07, 6.45) is 3.71. The molecule has 2 amide bonds. The van der Waals surface area contributed by atoms with Crippen LogP contribution in [0.2, 0.25) is 0 Å². The Hall–Kier alpha value is -0.860. The summed E-state index contributed by atoms with van der Waals surface area (Å²) in [7, 11) is 0. The molecular weight excluding hydrogens is 214 g/mol. The number of carbonyl (C=O) groups is 2. The molecule has 1 aliphatic heterocycles. The van der Waals surface area contributed by atoms with Gasteiger partial charge in [-0.3, -0.25) is 14.9 Å². The highest BCUT2D eigenvalue weighted by Gasteiger charge is 2.51. The normalized spacial score (nSPS) is 41.4. The van der Waals surface area contributed by atoms with Crippen LogP contribution in [0, 0.1) is 22.7 Å². The van der Waals surface area contributed by atoms with Crippen molar-refractivity contribution >= 4 is 11.8 Å². The molecule has 1 aliphatic carbocycles. The lowest BCUT2D eigenvalue weighted by Gasteiger charge is -2.51. The molecule has 1 saturated carbocycles. The minimum absolute atomic E-state index is 0.0396. The van der Waals surface area contributed by atoms with E-state index in [1.165, 1.54) is 6.42 Å². The topological polar surface area (TPSA) is 46.2 Å². The summed E-state index contributed by atoms with van der Waals surface area (Å²) in [4.78, 5) is 23.5. The van der Waals surface area contributed by atoms with Crippen molar-refractivity contribution in [1.29, 1.82) is 0 Å². The average Bonchev–Trinajstić information content (AvgIpc) is 2.10. The van der Waals surface area contributed by atoms with Gasteiger partial charge in [0.2, 0.25) is 11.8 Å². The van der Waals surface area contributed by atoms with E-state index < -0.39 is 0 Å². The molecule has 1 spiro atoms. The lowest BCUT2D eigenvalue weighted by molar-refractivity contribution is -0.147. The maximum Gasteiger partial charge on any atom is 0.229 e. The molecule has 3 heteroatoms. The Morgan fingerprint density at radius 3 is 2.41 bits per heavy atom. The summed E-state index contributed by atoms with van der Waals surface area (Å²) in [5, 5.41) is 2.46. The van der Waals surface area contributed by atoms with Crippen LogP contribution < -0.4 is 5.32 Å². The van der Waals surface area contributed by atoms with E-state index in [-0.39, 0.29) is 28.6 Å². The van der Waals surface area contributed by atoms with Crippen LogP contribution in [-0.2, 0) is 9.59 Å². The summed E-state index contributed by atoms with van der Waals surface area (Å²) in [5.74, 6) is 0.395. The average molecular weight is 237 g/mol. The lowest BCUT2D eigenvalue weighted by Crippen LogP contribution is -2.54. The summed E-state index contributed by atoms with van der Waals surface area (Å²) in [5.41, 5.74) is 0.143. The van der Waals surface area contributed by atoms with Crippen molar-refractivity contribution in [3.8, 4) is 0 Å². The fourth-order valence-electron chi connectivity index (χ4n) is 4.31. The molecule has 17 heavy (non-hydrogen) atoms. The van der Waals surface area contributed by atoms with Gasteiger partial charge in [0, 0.05) is 12.3 Å². The molecule has 2 aliphatic rings. The predicted molar refractivity (Wildman–Crippen MR) is 66.2 cm³/mol. The van der Waals surface area contributed by atoms with E-state index in [1.54, 1.807) is 0 Å². The van der Waals surface area contributed by atoms with E-state index in [0.717, 1.165) is 12.8 Å². The standard InChI is InChI=1S/C14H23NO2/c1-9-5-13(3,4)8-14(6-9)7-11(16)15-12(17)10(14)2/h9-10H,5-8H2,1-4H3,(H,15,16,17). The van der Waals surface area contributed by atoms with E-state index in [4.69, 9.17) is 0 Å². The predicted octanol–water partition coefficient (Wildman–Crippen LogP) is 2.50. The van der Waals surface area contributed by atoms with Crippen LogP contribution in [0.4, 0.5) is 0 Å². The molecule has 2 rings (SSSR count). The highest BCUT2D eigenvalue weighted by atomic mass is 16.2. The molecular formula is C14H23NO2. The van der Waals surface area contributed by atoms with Crippen molar-refractivity contribution in [3.63, 3.8) is 0 Å². The van der Waals surface area contributed by atoms with Crippen molar-refractivity contribution in [2.75, 3.05) is 0 Å². The van der Waals surface area contributed by atoms with Crippen LogP contribution in [0.5, 0.6) is 0 Å². The fourth-order valence-corrected chi connectivity index (χ4v) is 4.31. The van der Waals surface area contributed by atoms with Crippen LogP contribution in [0.25, 0.3) is 0 Å². The zero-order valence-electron chi connectivity index (χ0n) is 11.3. The Balaban J connectivity index is 2.32. The number of rotatable bonds is 0. The summed E-state index contributed by atoms with van der Waals surface area (Å²) >= 11 is 0. The van der Waals surface area contributed by atoms with Crippen molar-refractivity contribution in [2.24, 2.45) is 22.7 Å². The first-order chi connectivity index (χ1) is 7.74. The number of piperidine rings is 1. The summed E-state index contributed by atoms with van der Waals surface area (Å²) in [6.45, 7) is 8.74. The third kappa shape index (κ3) is 2.24. The molecule has 3 unspecified atom stereocenters. The molecule has 2 fully saturated rings. The van der Waals surface area contributed by atoms with Gasteiger partial charge < -0.3 is 0 Å². The summed E-state index contributed by atoms with van der Waals surface area (Å²) in [6, 6.07) is 0. The fraction of sp³-hybridized carbons (Fsp3) is 0.857. The number of hydrogen-bond donors (Lipinski definition) is 1. The van der Waals surface area contributed by atoms with Crippen molar-refractivity contribution in [1.82, 2.24) is 5.32 Å². The van der Waals surface area contributed by atoms with Gasteiger partial charge >= 0.3 is 0 Å². The largest absolute Gasteiger partial charge is 0.296 e. The molecule has 1 saturated heterocycles. The highest BCUT2D eigenvalue weighted by molar-refractivity contribution is 5.99. The monoisotopic (exact) mass is 237 g/mol. The molecule has 0 radical (unpaired) electrons. The molecule has 96 valence electrons. The van der Waals surface area contributed by atoms with Crippen LogP contribution in [0.15, 0.2) is 0 Å². The number of hydrogen-bond acceptors (Lipinski definition) is 2. The summed E-state index contributed by atoms with van der Waals surface area (Å²) < 4.78 is 0. The molecule has 0 aromatic rings. The SMILES string of the molecule is CC1CC(C)(C)CC2(CC(=O)NC(=O)C2C)C1. The number of imide groups is 1. The van der Waals surface area contributed by atoms with Crippen LogP contribution in [0.3, 0.4) is 0 Å². The molecule has 1 heterocycles. The van der Waals surface area contributed by atoms with Gasteiger partial charge in [-0.1, -0.05) is 27.7 Å². The van der Waals surface area contributed by atoms with E-state index in [1.807, 2.05) is 6.92 Å². The van der Waals surface area contributed by atoms with E-state index in [0.29, 0.717) is 12.3 Å². The van der Waals surface area contributed by atoms with Gasteiger partial charge in [-0.05, 0) is 36.0 Å². The lowest BCUT2D eigenvalue weighted by atomic mass is 9.54. The molecule has 0 bridgehead atoms. The number of amides is 2. The molecule has 0 aromatic heterocycles. The maximum absolute atomic E-state index is 11.9. The van der Waals surface area contributed by atoms with Crippen LogP contribution in [0.1, 0.15) is 53.4 Å². The van der Waals surface area contributed by atoms with Gasteiger partial charge in [0.1, 0.15) is 0 Å². The molecule has 3 atom stereocenters. The van der Waals surface area contributed by atoms with Crippen LogP contribution >= 0.6 is 0 Å². The first kappa shape index (κ1) is 12.6. The van der Waals surface area contributed by atoms with Gasteiger partial charge in [-0.2, -0.15) is 0 Å². The quantitative estimate of drug-likeness (QED) is 0.658. The van der Waals surface area contributed by atoms with Gasteiger partial charge in [0.05, 0.1) is 0 Å². The van der Waals surface area contributed by atoms with Gasteiger partial charge in [-0.15, -0.1) is 0 Å². The Labute approximate surface area is 103 Å². The van der Waals surface area contributed by atoms with Crippen LogP contribution in [-0.4, -0.2) is 11.8 Å². The zero-order valence-corrected chi connectivity index (χ0v) is 11.3. The number of nitrogens with one attached hydrogen (secondary N) is 1. The third-order valence-electron chi connectivity index (χ3n) is 4.57. The second-order valence-corrected chi connectivity index (χ2v) is 7.03. The van der Waals surface area contributed by atoms with Gasteiger partial charge in [-0.25, -0.2) is 0 Å². The Kier molecular flexibility index (Phi) is 2.83. The molecule has 3 nitrogen and oxygen atoms in total.